The average Bonchev–Trinajstić information content (AvgIpc) is 3.41. The Kier molecular flexibility index (Phi) is 5.48. The number of hydrogen-bond donors (Lipinski definition) is 4. The standard InChI is InChI=1S/C22H20FN7O2S/c23-15-3-1-12(2-4-15)7-26-21(32)18-6-14(11-33-18)13-5-17(20(31)27-16-8-25-9-16)19-28-22(24)29-30(19)10-13/h1-6,10-11,16,25H,7-9H2,(H2,24,29)(H,26,32)(H,27,31). The van der Waals surface area contributed by atoms with E-state index in [0.29, 0.717) is 21.7 Å². The van der Waals surface area contributed by atoms with Gasteiger partial charge in [-0.25, -0.2) is 8.91 Å². The molecule has 2 amide bonds. The first-order valence-corrected chi connectivity index (χ1v) is 11.1. The van der Waals surface area contributed by atoms with Gasteiger partial charge in [-0.05, 0) is 40.8 Å². The third kappa shape index (κ3) is 4.41. The minimum absolute atomic E-state index is 0.0673. The Morgan fingerprint density at radius 2 is 1.97 bits per heavy atom. The second-order valence-corrected chi connectivity index (χ2v) is 8.63. The van der Waals surface area contributed by atoms with Crippen molar-refractivity contribution in [1.29, 1.82) is 0 Å². The average molecular weight is 466 g/mol. The maximum Gasteiger partial charge on any atom is 0.261 e. The van der Waals surface area contributed by atoms with Crippen LogP contribution in [0.5, 0.6) is 0 Å². The number of nitrogen functional groups attached to an aromatic ring is 1. The number of halogens is 1. The van der Waals surface area contributed by atoms with Gasteiger partial charge in [0.05, 0.1) is 16.5 Å². The number of rotatable bonds is 6. The van der Waals surface area contributed by atoms with Crippen LogP contribution in [0, 0.1) is 5.82 Å². The Bertz CT molecular complexity index is 1340. The zero-order valence-electron chi connectivity index (χ0n) is 17.3. The lowest BCUT2D eigenvalue weighted by Gasteiger charge is -2.27. The number of nitrogens with one attached hydrogen (secondary N) is 3. The maximum atomic E-state index is 13.0. The lowest BCUT2D eigenvalue weighted by Crippen LogP contribution is -2.57. The predicted octanol–water partition coefficient (Wildman–Crippen LogP) is 1.81. The summed E-state index contributed by atoms with van der Waals surface area (Å²) in [6.45, 7) is 1.73. The number of aromatic nitrogens is 3. The van der Waals surface area contributed by atoms with Crippen molar-refractivity contribution in [3.05, 3.63) is 69.8 Å². The number of nitrogens with two attached hydrogens (primary N) is 1. The molecule has 0 aliphatic carbocycles. The molecule has 168 valence electrons. The van der Waals surface area contributed by atoms with Gasteiger partial charge in [0.1, 0.15) is 5.82 Å². The van der Waals surface area contributed by atoms with Crippen LogP contribution in [0.25, 0.3) is 16.8 Å². The monoisotopic (exact) mass is 465 g/mol. The van der Waals surface area contributed by atoms with E-state index < -0.39 is 0 Å². The summed E-state index contributed by atoms with van der Waals surface area (Å²) in [6.07, 6.45) is 1.72. The van der Waals surface area contributed by atoms with Crippen molar-refractivity contribution in [3.63, 3.8) is 0 Å². The molecule has 11 heteroatoms. The molecule has 5 N–H and O–H groups in total. The Morgan fingerprint density at radius 3 is 2.70 bits per heavy atom. The molecule has 0 radical (unpaired) electrons. The van der Waals surface area contributed by atoms with E-state index in [1.165, 1.54) is 28.0 Å². The van der Waals surface area contributed by atoms with Crippen molar-refractivity contribution in [2.75, 3.05) is 18.8 Å². The van der Waals surface area contributed by atoms with Crippen LogP contribution in [0.2, 0.25) is 0 Å². The number of nitrogens with zero attached hydrogens (tertiary/aromatic N) is 3. The molecule has 33 heavy (non-hydrogen) atoms. The summed E-state index contributed by atoms with van der Waals surface area (Å²) in [4.78, 5) is 30.1. The van der Waals surface area contributed by atoms with Gasteiger partial charge in [0.2, 0.25) is 5.95 Å². The van der Waals surface area contributed by atoms with Gasteiger partial charge in [0.15, 0.2) is 5.65 Å². The molecule has 1 aliphatic heterocycles. The minimum Gasteiger partial charge on any atom is -0.366 e. The van der Waals surface area contributed by atoms with E-state index in [4.69, 9.17) is 5.73 Å². The molecule has 5 rings (SSSR count). The van der Waals surface area contributed by atoms with Crippen LogP contribution in [0.3, 0.4) is 0 Å². The van der Waals surface area contributed by atoms with E-state index in [1.807, 2.05) is 5.38 Å². The van der Waals surface area contributed by atoms with Gasteiger partial charge in [-0.2, -0.15) is 4.98 Å². The van der Waals surface area contributed by atoms with Gasteiger partial charge in [0, 0.05) is 31.4 Å². The number of carbonyl (C=O) groups excluding carboxylic acids is 2. The Labute approximate surface area is 191 Å². The molecular formula is C22H20FN7O2S. The van der Waals surface area contributed by atoms with Crippen LogP contribution >= 0.6 is 11.3 Å². The van der Waals surface area contributed by atoms with Gasteiger partial charge in [-0.15, -0.1) is 16.4 Å². The highest BCUT2D eigenvalue weighted by atomic mass is 32.1. The Morgan fingerprint density at radius 1 is 1.18 bits per heavy atom. The first-order valence-electron chi connectivity index (χ1n) is 10.3. The van der Waals surface area contributed by atoms with E-state index in [2.05, 4.69) is 26.0 Å². The lowest BCUT2D eigenvalue weighted by molar-refractivity contribution is 0.0923. The Hall–Kier alpha value is -3.83. The molecule has 0 saturated carbocycles. The third-order valence-electron chi connectivity index (χ3n) is 5.33. The van der Waals surface area contributed by atoms with Crippen molar-refractivity contribution in [3.8, 4) is 11.1 Å². The minimum atomic E-state index is -0.323. The molecule has 0 bridgehead atoms. The fourth-order valence-corrected chi connectivity index (χ4v) is 4.29. The summed E-state index contributed by atoms with van der Waals surface area (Å²) in [6, 6.07) is 9.51. The van der Waals surface area contributed by atoms with Gasteiger partial charge in [0.25, 0.3) is 11.8 Å². The van der Waals surface area contributed by atoms with Gasteiger partial charge in [-0.3, -0.25) is 9.59 Å². The summed E-state index contributed by atoms with van der Waals surface area (Å²) >= 11 is 1.29. The van der Waals surface area contributed by atoms with Gasteiger partial charge >= 0.3 is 0 Å². The highest BCUT2D eigenvalue weighted by Gasteiger charge is 2.23. The zero-order valence-corrected chi connectivity index (χ0v) is 18.2. The molecule has 3 aromatic heterocycles. The number of anilines is 1. The van der Waals surface area contributed by atoms with Crippen molar-refractivity contribution in [2.45, 2.75) is 12.6 Å². The van der Waals surface area contributed by atoms with E-state index in [-0.39, 0.29) is 36.2 Å². The SMILES string of the molecule is Nc1nc2c(C(=O)NC3CNC3)cc(-c3csc(C(=O)NCc4ccc(F)cc4)c3)cn2n1. The molecule has 4 aromatic rings. The van der Waals surface area contributed by atoms with Crippen LogP contribution in [0.1, 0.15) is 25.6 Å². The lowest BCUT2D eigenvalue weighted by atomic mass is 10.1. The fourth-order valence-electron chi connectivity index (χ4n) is 3.46. The number of fused-ring (bicyclic) bond motifs is 1. The number of thiophene rings is 1. The fraction of sp³-hybridized carbons (Fsp3) is 0.182. The molecule has 1 saturated heterocycles. The highest BCUT2D eigenvalue weighted by Crippen LogP contribution is 2.28. The first kappa shape index (κ1) is 21.0. The van der Waals surface area contributed by atoms with Crippen LogP contribution in [0.15, 0.2) is 48.0 Å². The summed E-state index contributed by atoms with van der Waals surface area (Å²) in [5, 5.41) is 14.9. The van der Waals surface area contributed by atoms with E-state index >= 15 is 0 Å². The largest absolute Gasteiger partial charge is 0.366 e. The van der Waals surface area contributed by atoms with Crippen LogP contribution in [0.4, 0.5) is 10.3 Å². The van der Waals surface area contributed by atoms with Crippen LogP contribution in [-0.4, -0.2) is 45.5 Å². The van der Waals surface area contributed by atoms with Gasteiger partial charge < -0.3 is 21.7 Å². The Balaban J connectivity index is 1.38. The summed E-state index contributed by atoms with van der Waals surface area (Å²) in [5.74, 6) is -0.750. The van der Waals surface area contributed by atoms with Crippen LogP contribution in [-0.2, 0) is 6.54 Å². The number of benzene rings is 1. The van der Waals surface area contributed by atoms with E-state index in [1.54, 1.807) is 30.5 Å². The van der Waals surface area contributed by atoms with Crippen LogP contribution < -0.4 is 21.7 Å². The van der Waals surface area contributed by atoms with E-state index in [9.17, 15) is 14.0 Å². The molecule has 1 aromatic carbocycles. The number of hydrogen-bond acceptors (Lipinski definition) is 7. The highest BCUT2D eigenvalue weighted by molar-refractivity contribution is 7.12. The van der Waals surface area contributed by atoms with Gasteiger partial charge in [-0.1, -0.05) is 12.1 Å². The zero-order chi connectivity index (χ0) is 22.9. The topological polar surface area (TPSA) is 126 Å². The molecule has 0 unspecified atom stereocenters. The molecule has 9 nitrogen and oxygen atoms in total. The molecular weight excluding hydrogens is 445 g/mol. The summed E-state index contributed by atoms with van der Waals surface area (Å²) in [7, 11) is 0. The second kappa shape index (κ2) is 8.60. The molecule has 1 aliphatic rings. The quantitative estimate of drug-likeness (QED) is 0.344. The van der Waals surface area contributed by atoms with E-state index in [0.717, 1.165) is 24.2 Å². The molecule has 0 atom stereocenters. The first-order chi connectivity index (χ1) is 16.0. The molecule has 0 spiro atoms. The normalized spacial score (nSPS) is 13.6. The molecule has 4 heterocycles. The number of amides is 2. The van der Waals surface area contributed by atoms with Crippen molar-refractivity contribution >= 4 is 34.7 Å². The number of pyridine rings is 1. The predicted molar refractivity (Wildman–Crippen MR) is 122 cm³/mol. The van der Waals surface area contributed by atoms with Crippen molar-refractivity contribution in [2.24, 2.45) is 0 Å². The smallest absolute Gasteiger partial charge is 0.261 e. The summed E-state index contributed by atoms with van der Waals surface area (Å²) in [5.41, 5.74) is 8.76. The maximum absolute atomic E-state index is 13.0. The summed E-state index contributed by atoms with van der Waals surface area (Å²) < 4.78 is 14.5. The third-order valence-corrected chi connectivity index (χ3v) is 6.26. The second-order valence-electron chi connectivity index (χ2n) is 7.72. The number of carbonyl (C=O) groups is 2. The van der Waals surface area contributed by atoms with Crippen molar-refractivity contribution in [1.82, 2.24) is 30.5 Å². The van der Waals surface area contributed by atoms with Crippen molar-refractivity contribution < 1.29 is 14.0 Å². The molecule has 1 fully saturated rings.